The summed E-state index contributed by atoms with van der Waals surface area (Å²) in [5, 5.41) is 11.3. The van der Waals surface area contributed by atoms with Crippen LogP contribution in [0.5, 0.6) is 0 Å². The number of benzene rings is 1. The van der Waals surface area contributed by atoms with E-state index >= 15 is 0 Å². The van der Waals surface area contributed by atoms with Crippen LogP contribution >= 0.6 is 0 Å². The number of carbonyl (C=O) groups excluding carboxylic acids is 1. The second-order valence-corrected chi connectivity index (χ2v) is 6.00. The highest BCUT2D eigenvalue weighted by atomic mass is 32.2. The number of sulfonamides is 1. The summed E-state index contributed by atoms with van der Waals surface area (Å²) in [6, 6.07) is 2.91. The van der Waals surface area contributed by atoms with Gasteiger partial charge in [0.2, 0.25) is 10.0 Å². The Morgan fingerprint density at radius 3 is 2.62 bits per heavy atom. The Hall–Kier alpha value is -2.26. The number of hydrogen-bond acceptors (Lipinski definition) is 4. The lowest BCUT2D eigenvalue weighted by Gasteiger charge is -2.07. The first-order valence-corrected chi connectivity index (χ1v) is 7.37. The van der Waals surface area contributed by atoms with E-state index in [-0.39, 0.29) is 16.1 Å². The Morgan fingerprint density at radius 2 is 2.10 bits per heavy atom. The van der Waals surface area contributed by atoms with Crippen molar-refractivity contribution in [3.8, 4) is 0 Å². The molecule has 21 heavy (non-hydrogen) atoms. The van der Waals surface area contributed by atoms with E-state index in [4.69, 9.17) is 5.14 Å². The van der Waals surface area contributed by atoms with E-state index in [2.05, 4.69) is 10.4 Å². The summed E-state index contributed by atoms with van der Waals surface area (Å²) in [5.41, 5.74) is 0.464. The van der Waals surface area contributed by atoms with Crippen LogP contribution in [-0.4, -0.2) is 24.1 Å². The normalized spacial score (nSPS) is 11.4. The van der Waals surface area contributed by atoms with Crippen molar-refractivity contribution in [2.24, 2.45) is 12.2 Å². The molecular formula is C12H13FN4O3S. The van der Waals surface area contributed by atoms with Crippen LogP contribution in [0.1, 0.15) is 16.1 Å². The van der Waals surface area contributed by atoms with E-state index in [1.165, 1.54) is 10.9 Å². The minimum absolute atomic E-state index is 0.262. The Bertz CT molecular complexity index is 814. The van der Waals surface area contributed by atoms with Crippen LogP contribution in [0.25, 0.3) is 0 Å². The van der Waals surface area contributed by atoms with Crippen molar-refractivity contribution in [2.75, 3.05) is 5.32 Å². The fourth-order valence-corrected chi connectivity index (χ4v) is 2.33. The number of aryl methyl sites for hydroxylation is 2. The first-order chi connectivity index (χ1) is 9.68. The summed E-state index contributed by atoms with van der Waals surface area (Å²) in [7, 11) is -2.34. The molecule has 2 rings (SSSR count). The maximum atomic E-state index is 13.7. The molecular weight excluding hydrogens is 299 g/mol. The molecule has 1 aromatic heterocycles. The van der Waals surface area contributed by atoms with Gasteiger partial charge in [-0.15, -0.1) is 0 Å². The van der Waals surface area contributed by atoms with Gasteiger partial charge in [-0.3, -0.25) is 9.48 Å². The molecule has 1 heterocycles. The maximum Gasteiger partial charge on any atom is 0.259 e. The van der Waals surface area contributed by atoms with Gasteiger partial charge in [-0.25, -0.2) is 17.9 Å². The Balaban J connectivity index is 2.35. The fraction of sp³-hybridized carbons (Fsp3) is 0.167. The van der Waals surface area contributed by atoms with E-state index in [0.717, 1.165) is 18.2 Å². The molecule has 2 aromatic rings. The third-order valence-corrected chi connectivity index (χ3v) is 3.68. The molecule has 3 N–H and O–H groups in total. The molecule has 112 valence electrons. The van der Waals surface area contributed by atoms with E-state index < -0.39 is 21.7 Å². The molecule has 0 radical (unpaired) electrons. The van der Waals surface area contributed by atoms with Gasteiger partial charge in [0.1, 0.15) is 5.82 Å². The number of nitrogens with zero attached hydrogens (tertiary/aromatic N) is 2. The second-order valence-electron chi connectivity index (χ2n) is 4.44. The number of amides is 1. The van der Waals surface area contributed by atoms with Gasteiger partial charge in [0.25, 0.3) is 5.91 Å². The van der Waals surface area contributed by atoms with Crippen molar-refractivity contribution >= 4 is 21.6 Å². The highest BCUT2D eigenvalue weighted by molar-refractivity contribution is 7.89. The van der Waals surface area contributed by atoms with Crippen molar-refractivity contribution < 1.29 is 17.6 Å². The summed E-state index contributed by atoms with van der Waals surface area (Å²) in [6.45, 7) is 1.63. The average Bonchev–Trinajstić information content (AvgIpc) is 2.70. The standard InChI is InChI=1S/C12H13FN4O3S/c1-7-9(6-17(2)16-7)12(18)15-11-5-8(21(14,19)20)3-4-10(11)13/h3-6H,1-2H3,(H,15,18)(H2,14,19,20). The molecule has 0 atom stereocenters. The lowest BCUT2D eigenvalue weighted by molar-refractivity contribution is 0.102. The third kappa shape index (κ3) is 3.26. The van der Waals surface area contributed by atoms with Crippen molar-refractivity contribution in [1.82, 2.24) is 9.78 Å². The summed E-state index contributed by atoms with van der Waals surface area (Å²) >= 11 is 0. The van der Waals surface area contributed by atoms with Crippen LogP contribution < -0.4 is 10.5 Å². The smallest absolute Gasteiger partial charge is 0.259 e. The zero-order valence-electron chi connectivity index (χ0n) is 11.3. The van der Waals surface area contributed by atoms with E-state index in [0.29, 0.717) is 5.69 Å². The number of primary sulfonamides is 1. The van der Waals surface area contributed by atoms with Gasteiger partial charge >= 0.3 is 0 Å². The van der Waals surface area contributed by atoms with Gasteiger partial charge in [0, 0.05) is 13.2 Å². The molecule has 0 bridgehead atoms. The van der Waals surface area contributed by atoms with E-state index in [9.17, 15) is 17.6 Å². The molecule has 9 heteroatoms. The van der Waals surface area contributed by atoms with Gasteiger partial charge < -0.3 is 5.32 Å². The molecule has 0 aliphatic heterocycles. The van der Waals surface area contributed by atoms with Crippen LogP contribution in [0.2, 0.25) is 0 Å². The van der Waals surface area contributed by atoms with Gasteiger partial charge in [0.05, 0.1) is 21.8 Å². The van der Waals surface area contributed by atoms with Crippen molar-refractivity contribution in [2.45, 2.75) is 11.8 Å². The summed E-state index contributed by atoms with van der Waals surface area (Å²) in [4.78, 5) is 11.8. The first-order valence-electron chi connectivity index (χ1n) is 5.82. The molecule has 0 aliphatic carbocycles. The Labute approximate surface area is 120 Å². The molecule has 7 nitrogen and oxygen atoms in total. The van der Waals surface area contributed by atoms with Crippen LogP contribution in [0.15, 0.2) is 29.3 Å². The highest BCUT2D eigenvalue weighted by Crippen LogP contribution is 2.20. The third-order valence-electron chi connectivity index (χ3n) is 2.77. The molecule has 0 spiro atoms. The number of anilines is 1. The number of nitrogens with one attached hydrogen (secondary N) is 1. The van der Waals surface area contributed by atoms with Crippen molar-refractivity contribution in [1.29, 1.82) is 0 Å². The minimum atomic E-state index is -3.98. The number of carbonyl (C=O) groups is 1. The lowest BCUT2D eigenvalue weighted by atomic mass is 10.2. The van der Waals surface area contributed by atoms with Crippen molar-refractivity contribution in [3.63, 3.8) is 0 Å². The minimum Gasteiger partial charge on any atom is -0.319 e. The molecule has 1 aromatic carbocycles. The van der Waals surface area contributed by atoms with Crippen LogP contribution in [-0.2, 0) is 17.1 Å². The monoisotopic (exact) mass is 312 g/mol. The second kappa shape index (κ2) is 5.26. The molecule has 1 amide bonds. The molecule has 0 fully saturated rings. The van der Waals surface area contributed by atoms with Gasteiger partial charge in [-0.05, 0) is 25.1 Å². The fourth-order valence-electron chi connectivity index (χ4n) is 1.79. The van der Waals surface area contributed by atoms with Crippen LogP contribution in [0.4, 0.5) is 10.1 Å². The topological polar surface area (TPSA) is 107 Å². The lowest BCUT2D eigenvalue weighted by Crippen LogP contribution is -2.16. The van der Waals surface area contributed by atoms with E-state index in [1.54, 1.807) is 14.0 Å². The number of nitrogens with two attached hydrogens (primary N) is 1. The molecule has 0 saturated heterocycles. The number of aromatic nitrogens is 2. The van der Waals surface area contributed by atoms with Crippen LogP contribution in [0.3, 0.4) is 0 Å². The average molecular weight is 312 g/mol. The number of halogens is 1. The summed E-state index contributed by atoms with van der Waals surface area (Å²) < 4.78 is 37.6. The quantitative estimate of drug-likeness (QED) is 0.872. The summed E-state index contributed by atoms with van der Waals surface area (Å²) in [5.74, 6) is -1.36. The van der Waals surface area contributed by atoms with Gasteiger partial charge in [-0.1, -0.05) is 0 Å². The zero-order valence-corrected chi connectivity index (χ0v) is 12.1. The first kappa shape index (κ1) is 15.1. The molecule has 0 aliphatic rings. The Morgan fingerprint density at radius 1 is 1.43 bits per heavy atom. The predicted molar refractivity (Wildman–Crippen MR) is 73.7 cm³/mol. The SMILES string of the molecule is Cc1nn(C)cc1C(=O)Nc1cc(S(N)(=O)=O)ccc1F. The molecule has 0 saturated carbocycles. The zero-order chi connectivity index (χ0) is 15.8. The largest absolute Gasteiger partial charge is 0.319 e. The number of rotatable bonds is 3. The van der Waals surface area contributed by atoms with Crippen LogP contribution in [0, 0.1) is 12.7 Å². The predicted octanol–water partition coefficient (Wildman–Crippen LogP) is 0.767. The number of hydrogen-bond donors (Lipinski definition) is 2. The van der Waals surface area contributed by atoms with Gasteiger partial charge in [0.15, 0.2) is 0 Å². The van der Waals surface area contributed by atoms with E-state index in [1.807, 2.05) is 0 Å². The molecule has 0 unspecified atom stereocenters. The highest BCUT2D eigenvalue weighted by Gasteiger charge is 2.17. The Kier molecular flexibility index (Phi) is 3.79. The van der Waals surface area contributed by atoms with Crippen molar-refractivity contribution in [3.05, 3.63) is 41.5 Å². The van der Waals surface area contributed by atoms with Gasteiger partial charge in [-0.2, -0.15) is 5.10 Å². The summed E-state index contributed by atoms with van der Waals surface area (Å²) in [6.07, 6.45) is 1.48. The maximum absolute atomic E-state index is 13.7.